The normalized spacial score (nSPS) is 15.1. The molecule has 13 nitrogen and oxygen atoms in total. The minimum atomic E-state index is -0.223. The van der Waals surface area contributed by atoms with E-state index in [2.05, 4.69) is 303 Å². The van der Waals surface area contributed by atoms with Crippen LogP contribution < -0.4 is 0 Å². The van der Waals surface area contributed by atoms with E-state index >= 15 is 0 Å². The predicted molar refractivity (Wildman–Crippen MR) is 560 cm³/mol. The largest absolute Gasteiger partial charge is 0.456 e. The van der Waals surface area contributed by atoms with Crippen LogP contribution in [0.4, 0.5) is 0 Å². The molecule has 0 bridgehead atoms. The van der Waals surface area contributed by atoms with Crippen molar-refractivity contribution in [3.63, 3.8) is 0 Å². The highest BCUT2D eigenvalue weighted by molar-refractivity contribution is 6.19. The number of hydrogen-bond acceptors (Lipinski definition) is 12. The van der Waals surface area contributed by atoms with Crippen LogP contribution in [0.5, 0.6) is 0 Å². The fourth-order valence-corrected chi connectivity index (χ4v) is 22.9. The van der Waals surface area contributed by atoms with E-state index in [9.17, 15) is 0 Å². The standard InChI is InChI=1S/2C44H31N3O2.C37H30N2O/c1-25(2)44(3)33-20-22-38-40(31-14-8-10-16-36(31)49-38)39(33)30-19-17-28(24-34(30)44)43-46-41(26-11-5-4-6-12-26)45-42(47-43)27-18-21-37-32(23-27)29-13-7-9-15-35(29)48-37;1-3-44(4-2)32-23-24-37-40(30-16-9-11-19-35(30)49-37)39(32)28-22-21-27(25-33(28)44)42-45-41(26-13-6-5-7-14-26)46-43(47-42)31-17-12-20-36-38(31)29-15-8-10-18-34(29)48-36;1-36(2,3)37(4)27-20-21-32-34(26-14-8-11-17-31(26)40-32)33(27)25-19-18-23(22-28(25)37)35-38-29-15-9-10-16-30(29)39(35)24-12-6-5-7-13-24/h4-25H,1-3H3;5-25H,3-4H2,1-2H3;5-22H,1-4H3. The summed E-state index contributed by atoms with van der Waals surface area (Å²) >= 11 is 0. The van der Waals surface area contributed by atoms with Gasteiger partial charge in [0.1, 0.15) is 61.7 Å². The molecule has 0 fully saturated rings. The number of nitrogens with zero attached hydrogens (tertiary/aromatic N) is 8. The summed E-state index contributed by atoms with van der Waals surface area (Å²) in [7, 11) is 0. The Morgan fingerprint density at radius 1 is 0.275 bits per heavy atom. The second-order valence-electron chi connectivity index (χ2n) is 38.7. The van der Waals surface area contributed by atoms with Crippen molar-refractivity contribution in [3.8, 4) is 119 Å². The molecule has 0 amide bonds. The Morgan fingerprint density at radius 3 is 1.18 bits per heavy atom. The summed E-state index contributed by atoms with van der Waals surface area (Å²) in [5.41, 5.74) is 33.9. The molecule has 28 rings (SSSR count). The maximum atomic E-state index is 6.35. The van der Waals surface area contributed by atoms with E-state index in [1.165, 1.54) is 88.3 Å². The van der Waals surface area contributed by atoms with Crippen LogP contribution in [0.2, 0.25) is 0 Å². The van der Waals surface area contributed by atoms with Crippen LogP contribution in [0.25, 0.3) is 240 Å². The highest BCUT2D eigenvalue weighted by Crippen LogP contribution is 2.62. The molecule has 2 unspecified atom stereocenters. The van der Waals surface area contributed by atoms with Gasteiger partial charge in [-0.3, -0.25) is 4.57 Å². The Hall–Kier alpha value is -16.8. The highest BCUT2D eigenvalue weighted by Gasteiger charge is 2.50. The monoisotopic (exact) mass is 1780 g/mol. The van der Waals surface area contributed by atoms with Gasteiger partial charge in [0.25, 0.3) is 0 Å². The zero-order valence-corrected chi connectivity index (χ0v) is 77.8. The molecule has 13 heteroatoms. The fourth-order valence-electron chi connectivity index (χ4n) is 22.9. The molecule has 662 valence electrons. The minimum absolute atomic E-state index is 0.0294. The first-order valence-electron chi connectivity index (χ1n) is 47.8. The average molecular weight is 1790 g/mol. The van der Waals surface area contributed by atoms with Gasteiger partial charge in [-0.05, 0) is 206 Å². The highest BCUT2D eigenvalue weighted by atomic mass is 16.3. The number of para-hydroxylation sites is 8. The smallest absolute Gasteiger partial charge is 0.164 e. The fraction of sp³-hybridized carbons (Fsp3) is 0.128. The quantitative estimate of drug-likeness (QED) is 0.121. The first-order chi connectivity index (χ1) is 67.5. The van der Waals surface area contributed by atoms with E-state index in [-0.39, 0.29) is 21.7 Å². The number of benzene rings is 17. The van der Waals surface area contributed by atoms with E-state index in [0.29, 0.717) is 40.9 Å². The first-order valence-corrected chi connectivity index (χ1v) is 47.8. The molecule has 0 saturated heterocycles. The van der Waals surface area contributed by atoms with Crippen molar-refractivity contribution in [1.29, 1.82) is 0 Å². The second-order valence-corrected chi connectivity index (χ2v) is 38.7. The molecule has 0 aliphatic heterocycles. The zero-order valence-electron chi connectivity index (χ0n) is 77.8. The SMILES string of the molecule is CC(C)(C)C1(C)c2cc(-c3nc4ccccc4n3-c3ccccc3)ccc2-c2c1ccc1oc3ccccc3c21.CC(C)C1(C)c2cc(-c3nc(-c4ccccc4)nc(-c4ccc5oc6ccccc6c5c4)n3)ccc2-c2c1ccc1oc3ccccc3c21.CCC1(CC)c2cc(-c3nc(-c4ccccc4)nc(-c4cccc5oc6ccccc6c45)n3)ccc2-c2c1ccc1oc3ccccc3c21. The Morgan fingerprint density at radius 2 is 0.645 bits per heavy atom. The Balaban J connectivity index is 0.000000108. The van der Waals surface area contributed by atoms with Crippen LogP contribution in [0.3, 0.4) is 0 Å². The first kappa shape index (κ1) is 82.0. The molecule has 0 saturated carbocycles. The lowest BCUT2D eigenvalue weighted by molar-refractivity contribution is 0.255. The van der Waals surface area contributed by atoms with Crippen LogP contribution in [0.1, 0.15) is 109 Å². The average Bonchev–Trinajstić information content (AvgIpc) is 1.53. The maximum absolute atomic E-state index is 6.35. The molecule has 25 aromatic rings. The summed E-state index contributed by atoms with van der Waals surface area (Å²) in [5.74, 6) is 5.10. The van der Waals surface area contributed by atoms with Crippen LogP contribution in [0, 0.1) is 11.3 Å². The number of imidazole rings is 1. The lowest BCUT2D eigenvalue weighted by atomic mass is 9.62. The number of furan rings is 5. The summed E-state index contributed by atoms with van der Waals surface area (Å²) in [5, 5.41) is 11.2. The molecule has 17 aromatic carbocycles. The number of aromatic nitrogens is 8. The molecule has 138 heavy (non-hydrogen) atoms. The van der Waals surface area contributed by atoms with Crippen LogP contribution in [-0.4, -0.2) is 39.5 Å². The lowest BCUT2D eigenvalue weighted by Gasteiger charge is -2.41. The summed E-state index contributed by atoms with van der Waals surface area (Å²) in [4.78, 5) is 35.9. The van der Waals surface area contributed by atoms with Crippen molar-refractivity contribution in [2.24, 2.45) is 11.3 Å². The van der Waals surface area contributed by atoms with Crippen molar-refractivity contribution in [2.45, 2.75) is 91.4 Å². The van der Waals surface area contributed by atoms with E-state index in [1.807, 2.05) is 127 Å². The van der Waals surface area contributed by atoms with Gasteiger partial charge in [0.05, 0.1) is 11.0 Å². The van der Waals surface area contributed by atoms with Crippen molar-refractivity contribution in [1.82, 2.24) is 39.5 Å². The molecule has 0 radical (unpaired) electrons. The third kappa shape index (κ3) is 12.4. The van der Waals surface area contributed by atoms with Crippen molar-refractivity contribution in [3.05, 3.63) is 397 Å². The van der Waals surface area contributed by atoms with Gasteiger partial charge in [-0.1, -0.05) is 311 Å². The summed E-state index contributed by atoms with van der Waals surface area (Å²) in [6.07, 6.45) is 1.95. The van der Waals surface area contributed by atoms with Gasteiger partial charge < -0.3 is 22.1 Å². The Bertz CT molecular complexity index is 9320. The van der Waals surface area contributed by atoms with E-state index < -0.39 is 0 Å². The molecular formula is C125H92N8O5. The molecule has 8 heterocycles. The van der Waals surface area contributed by atoms with Gasteiger partial charge in [-0.25, -0.2) is 34.9 Å². The number of rotatable bonds is 11. The molecule has 8 aromatic heterocycles. The number of hydrogen-bond donors (Lipinski definition) is 0. The van der Waals surface area contributed by atoms with E-state index in [1.54, 1.807) is 0 Å². The predicted octanol–water partition coefficient (Wildman–Crippen LogP) is 33.3. The van der Waals surface area contributed by atoms with Crippen LogP contribution in [0.15, 0.2) is 386 Å². The Labute approximate surface area is 795 Å². The number of fused-ring (bicyclic) bond motifs is 28. The molecule has 3 aliphatic carbocycles. The van der Waals surface area contributed by atoms with Crippen LogP contribution >= 0.6 is 0 Å². The van der Waals surface area contributed by atoms with Gasteiger partial charge >= 0.3 is 0 Å². The minimum Gasteiger partial charge on any atom is -0.456 e. The summed E-state index contributed by atoms with van der Waals surface area (Å²) < 4.78 is 33.7. The third-order valence-electron chi connectivity index (χ3n) is 30.5. The van der Waals surface area contributed by atoms with Gasteiger partial charge in [-0.15, -0.1) is 0 Å². The van der Waals surface area contributed by atoms with Crippen molar-refractivity contribution < 1.29 is 22.1 Å². The van der Waals surface area contributed by atoms with Gasteiger partial charge in [0.2, 0.25) is 0 Å². The van der Waals surface area contributed by atoms with Crippen LogP contribution in [-0.2, 0) is 16.2 Å². The van der Waals surface area contributed by atoms with Gasteiger partial charge in [0.15, 0.2) is 34.9 Å². The molecular weight excluding hydrogens is 1690 g/mol. The van der Waals surface area contributed by atoms with Gasteiger partial charge in [-0.2, -0.15) is 0 Å². The summed E-state index contributed by atoms with van der Waals surface area (Å²) in [6.45, 7) is 21.1. The molecule has 0 N–H and O–H groups in total. The third-order valence-corrected chi connectivity index (χ3v) is 30.5. The second kappa shape index (κ2) is 31.2. The lowest BCUT2D eigenvalue weighted by Crippen LogP contribution is -2.36. The van der Waals surface area contributed by atoms with Crippen molar-refractivity contribution >= 4 is 121 Å². The maximum Gasteiger partial charge on any atom is 0.164 e. The summed E-state index contributed by atoms with van der Waals surface area (Å²) in [6, 6.07) is 127. The van der Waals surface area contributed by atoms with E-state index in [4.69, 9.17) is 57.0 Å². The topological polar surface area (TPSA) is 161 Å². The van der Waals surface area contributed by atoms with E-state index in [0.717, 1.165) is 162 Å². The zero-order chi connectivity index (χ0) is 92.8. The molecule has 3 aliphatic rings. The molecule has 2 atom stereocenters. The molecule has 0 spiro atoms. The Kier molecular flexibility index (Phi) is 18.5. The van der Waals surface area contributed by atoms with Crippen molar-refractivity contribution in [2.75, 3.05) is 0 Å². The van der Waals surface area contributed by atoms with Gasteiger partial charge in [0, 0.05) is 115 Å².